The molecule has 29 heavy (non-hydrogen) atoms. The van der Waals surface area contributed by atoms with Gasteiger partial charge in [-0.2, -0.15) is 0 Å². The summed E-state index contributed by atoms with van der Waals surface area (Å²) in [6.45, 7) is 4.78. The van der Waals surface area contributed by atoms with E-state index in [0.29, 0.717) is 18.4 Å². The molecular weight excluding hydrogens is 358 g/mol. The molecule has 1 amide bonds. The molecule has 3 nitrogen and oxygen atoms in total. The molecule has 2 aromatic rings. The number of amides is 1. The predicted molar refractivity (Wildman–Crippen MR) is 116 cm³/mol. The van der Waals surface area contributed by atoms with Crippen molar-refractivity contribution in [1.82, 2.24) is 0 Å². The van der Waals surface area contributed by atoms with Crippen LogP contribution >= 0.6 is 0 Å². The molecule has 0 saturated heterocycles. The molecule has 152 valence electrons. The van der Waals surface area contributed by atoms with Crippen molar-refractivity contribution in [2.24, 2.45) is 17.3 Å². The molecule has 0 spiro atoms. The number of benzene rings is 2. The van der Waals surface area contributed by atoms with Crippen LogP contribution in [-0.4, -0.2) is 12.5 Å². The monoisotopic (exact) mass is 389 g/mol. The summed E-state index contributed by atoms with van der Waals surface area (Å²) in [5.74, 6) is 2.44. The summed E-state index contributed by atoms with van der Waals surface area (Å²) in [5, 5.41) is 3.25. The summed E-state index contributed by atoms with van der Waals surface area (Å²) in [6, 6.07) is 16.9. The first-order chi connectivity index (χ1) is 14.0. The van der Waals surface area contributed by atoms with E-state index < -0.39 is 0 Å². The minimum Gasteiger partial charge on any atom is -0.494 e. The van der Waals surface area contributed by atoms with Crippen molar-refractivity contribution in [2.75, 3.05) is 11.9 Å². The third-order valence-corrected chi connectivity index (χ3v) is 7.63. The fourth-order valence-electron chi connectivity index (χ4n) is 6.84. The highest BCUT2D eigenvalue weighted by molar-refractivity contribution is 5.96. The fourth-order valence-corrected chi connectivity index (χ4v) is 6.84. The zero-order valence-corrected chi connectivity index (χ0v) is 17.5. The standard InChI is InChI=1S/C26H31NO2/c1-3-29-23-10-8-22(9-11-23)27-24(28)26-15-19-12-20(16-26)14-25(13-19,17-26)21-6-4-18(2)5-7-21/h4-11,19-20H,3,12-17H2,1-2H3,(H,27,28). The van der Waals surface area contributed by atoms with E-state index in [4.69, 9.17) is 4.74 Å². The largest absolute Gasteiger partial charge is 0.494 e. The summed E-state index contributed by atoms with van der Waals surface area (Å²) < 4.78 is 5.52. The summed E-state index contributed by atoms with van der Waals surface area (Å²) in [5.41, 5.74) is 3.61. The predicted octanol–water partition coefficient (Wildman–Crippen LogP) is 5.87. The minimum absolute atomic E-state index is 0.188. The first-order valence-electron chi connectivity index (χ1n) is 11.1. The molecule has 0 heterocycles. The maximum Gasteiger partial charge on any atom is 0.230 e. The van der Waals surface area contributed by atoms with Crippen LogP contribution in [0.1, 0.15) is 56.6 Å². The molecular formula is C26H31NO2. The van der Waals surface area contributed by atoms with E-state index in [1.54, 1.807) is 0 Å². The molecule has 0 aliphatic heterocycles. The van der Waals surface area contributed by atoms with Gasteiger partial charge >= 0.3 is 0 Å². The first-order valence-corrected chi connectivity index (χ1v) is 11.1. The number of hydrogen-bond donors (Lipinski definition) is 1. The Morgan fingerprint density at radius 1 is 1.00 bits per heavy atom. The SMILES string of the molecule is CCOc1ccc(NC(=O)C23CC4CC(C2)CC(c2ccc(C)cc2)(C4)C3)cc1. The molecule has 2 atom stereocenters. The van der Waals surface area contributed by atoms with Crippen molar-refractivity contribution in [1.29, 1.82) is 0 Å². The van der Waals surface area contributed by atoms with E-state index in [1.807, 2.05) is 31.2 Å². The van der Waals surface area contributed by atoms with E-state index in [-0.39, 0.29) is 16.7 Å². The molecule has 4 fully saturated rings. The summed E-state index contributed by atoms with van der Waals surface area (Å²) in [6.07, 6.45) is 6.93. The normalized spacial score (nSPS) is 32.2. The van der Waals surface area contributed by atoms with Crippen LogP contribution in [0, 0.1) is 24.2 Å². The van der Waals surface area contributed by atoms with Gasteiger partial charge in [-0.3, -0.25) is 4.79 Å². The van der Waals surface area contributed by atoms with Crippen LogP contribution in [0.25, 0.3) is 0 Å². The highest BCUT2D eigenvalue weighted by Crippen LogP contribution is 2.66. The number of hydrogen-bond acceptors (Lipinski definition) is 2. The third kappa shape index (κ3) is 3.25. The molecule has 6 rings (SSSR count). The minimum atomic E-state index is -0.215. The molecule has 0 radical (unpaired) electrons. The van der Waals surface area contributed by atoms with Crippen molar-refractivity contribution in [3.8, 4) is 5.75 Å². The number of anilines is 1. The van der Waals surface area contributed by atoms with Gasteiger partial charge in [0, 0.05) is 5.69 Å². The van der Waals surface area contributed by atoms with Crippen LogP contribution < -0.4 is 10.1 Å². The zero-order chi connectivity index (χ0) is 20.1. The van der Waals surface area contributed by atoms with Gasteiger partial charge in [0.2, 0.25) is 5.91 Å². The van der Waals surface area contributed by atoms with E-state index in [0.717, 1.165) is 30.7 Å². The number of carbonyl (C=O) groups is 1. The fraction of sp³-hybridized carbons (Fsp3) is 0.500. The van der Waals surface area contributed by atoms with Gasteiger partial charge in [0.25, 0.3) is 0 Å². The smallest absolute Gasteiger partial charge is 0.230 e. The van der Waals surface area contributed by atoms with Gasteiger partial charge < -0.3 is 10.1 Å². The second-order valence-electron chi connectivity index (χ2n) is 9.80. The number of nitrogens with one attached hydrogen (secondary N) is 1. The second kappa shape index (κ2) is 6.90. The maximum atomic E-state index is 13.6. The number of aryl methyl sites for hydroxylation is 1. The van der Waals surface area contributed by atoms with Crippen LogP contribution in [0.4, 0.5) is 5.69 Å². The topological polar surface area (TPSA) is 38.3 Å². The van der Waals surface area contributed by atoms with E-state index >= 15 is 0 Å². The second-order valence-corrected chi connectivity index (χ2v) is 9.80. The molecule has 1 N–H and O–H groups in total. The van der Waals surface area contributed by atoms with Gasteiger partial charge in [-0.25, -0.2) is 0 Å². The number of carbonyl (C=O) groups excluding carboxylic acids is 1. The van der Waals surface area contributed by atoms with Crippen LogP contribution in [0.2, 0.25) is 0 Å². The van der Waals surface area contributed by atoms with Crippen molar-refractivity contribution < 1.29 is 9.53 Å². The first kappa shape index (κ1) is 18.7. The Labute approximate surface area is 173 Å². The lowest BCUT2D eigenvalue weighted by Crippen LogP contribution is -2.57. The molecule has 4 bridgehead atoms. The molecule has 0 aromatic heterocycles. The summed E-state index contributed by atoms with van der Waals surface area (Å²) >= 11 is 0. The molecule has 2 aromatic carbocycles. The Balaban J connectivity index is 1.40. The van der Waals surface area contributed by atoms with E-state index in [9.17, 15) is 4.79 Å². The summed E-state index contributed by atoms with van der Waals surface area (Å²) in [4.78, 5) is 13.6. The van der Waals surface area contributed by atoms with Gasteiger partial charge in [0.15, 0.2) is 0 Å². The quantitative estimate of drug-likeness (QED) is 0.694. The average molecular weight is 390 g/mol. The van der Waals surface area contributed by atoms with Crippen molar-refractivity contribution in [2.45, 2.75) is 57.8 Å². The van der Waals surface area contributed by atoms with Crippen LogP contribution in [0.15, 0.2) is 48.5 Å². The van der Waals surface area contributed by atoms with Crippen molar-refractivity contribution in [3.63, 3.8) is 0 Å². The number of ether oxygens (including phenoxy) is 1. The molecule has 4 aliphatic carbocycles. The van der Waals surface area contributed by atoms with Crippen LogP contribution in [-0.2, 0) is 10.2 Å². The third-order valence-electron chi connectivity index (χ3n) is 7.63. The number of rotatable bonds is 5. The lowest BCUT2D eigenvalue weighted by Gasteiger charge is -2.61. The summed E-state index contributed by atoms with van der Waals surface area (Å²) in [7, 11) is 0. The Bertz CT molecular complexity index is 885. The molecule has 2 unspecified atom stereocenters. The zero-order valence-electron chi connectivity index (χ0n) is 17.5. The molecule has 4 aliphatic rings. The Kier molecular flexibility index (Phi) is 4.45. The van der Waals surface area contributed by atoms with Gasteiger partial charge in [-0.15, -0.1) is 0 Å². The Morgan fingerprint density at radius 2 is 1.66 bits per heavy atom. The van der Waals surface area contributed by atoms with Crippen molar-refractivity contribution in [3.05, 3.63) is 59.7 Å². The van der Waals surface area contributed by atoms with Gasteiger partial charge in [0.05, 0.1) is 12.0 Å². The lowest BCUT2D eigenvalue weighted by molar-refractivity contribution is -0.143. The highest BCUT2D eigenvalue weighted by Gasteiger charge is 2.60. The van der Waals surface area contributed by atoms with Crippen molar-refractivity contribution >= 4 is 11.6 Å². The van der Waals surface area contributed by atoms with Crippen LogP contribution in [0.3, 0.4) is 0 Å². The molecule has 3 heteroatoms. The lowest BCUT2D eigenvalue weighted by atomic mass is 9.42. The van der Waals surface area contributed by atoms with E-state index in [2.05, 4.69) is 36.5 Å². The Hall–Kier alpha value is -2.29. The van der Waals surface area contributed by atoms with Gasteiger partial charge in [-0.1, -0.05) is 29.8 Å². The van der Waals surface area contributed by atoms with Gasteiger partial charge in [-0.05, 0) is 99.5 Å². The Morgan fingerprint density at radius 3 is 2.28 bits per heavy atom. The van der Waals surface area contributed by atoms with E-state index in [1.165, 1.54) is 30.4 Å². The highest BCUT2D eigenvalue weighted by atomic mass is 16.5. The van der Waals surface area contributed by atoms with Gasteiger partial charge in [0.1, 0.15) is 5.75 Å². The molecule has 4 saturated carbocycles. The maximum absolute atomic E-state index is 13.6. The average Bonchev–Trinajstić information content (AvgIpc) is 2.69. The van der Waals surface area contributed by atoms with Crippen LogP contribution in [0.5, 0.6) is 5.75 Å².